The zero-order valence-electron chi connectivity index (χ0n) is 22.4. The molecule has 0 bridgehead atoms. The molecule has 1 aliphatic rings. The van der Waals surface area contributed by atoms with E-state index in [1.807, 2.05) is 6.07 Å². The summed E-state index contributed by atoms with van der Waals surface area (Å²) in [6, 6.07) is 18.6. The molecule has 2 heterocycles. The van der Waals surface area contributed by atoms with Crippen molar-refractivity contribution in [1.29, 1.82) is 5.26 Å². The molecule has 0 amide bonds. The van der Waals surface area contributed by atoms with Crippen LogP contribution in [0.25, 0.3) is 6.08 Å². The Hall–Kier alpha value is -3.87. The number of allylic oxidation sites excluding steroid dienone is 1. The molecule has 4 aromatic rings. The minimum absolute atomic E-state index is 0.0712. The Morgan fingerprint density at radius 2 is 1.86 bits per heavy atom. The van der Waals surface area contributed by atoms with Crippen LogP contribution in [0.2, 0.25) is 15.1 Å². The average Bonchev–Trinajstić information content (AvgIpc) is 3.26. The minimum Gasteiger partial charge on any atom is -0.487 e. The van der Waals surface area contributed by atoms with Crippen LogP contribution in [-0.4, -0.2) is 17.1 Å². The van der Waals surface area contributed by atoms with Crippen molar-refractivity contribution in [2.24, 2.45) is 4.99 Å². The molecule has 0 N–H and O–H groups in total. The van der Waals surface area contributed by atoms with E-state index < -0.39 is 17.6 Å². The fourth-order valence-corrected chi connectivity index (χ4v) is 6.51. The summed E-state index contributed by atoms with van der Waals surface area (Å²) < 4.78 is 13.2. The molecule has 0 aliphatic carbocycles. The number of aromatic nitrogens is 1. The van der Waals surface area contributed by atoms with Gasteiger partial charge in [0.2, 0.25) is 0 Å². The number of benzene rings is 3. The number of fused-ring (bicyclic) bond motifs is 1. The lowest BCUT2D eigenvalue weighted by atomic mass is 9.96. The van der Waals surface area contributed by atoms with Crippen molar-refractivity contribution in [1.82, 2.24) is 4.57 Å². The Kier molecular flexibility index (Phi) is 8.85. The van der Waals surface area contributed by atoms with Crippen LogP contribution in [0.5, 0.6) is 5.75 Å². The highest BCUT2D eigenvalue weighted by Crippen LogP contribution is 2.36. The van der Waals surface area contributed by atoms with Crippen LogP contribution < -0.4 is 19.6 Å². The van der Waals surface area contributed by atoms with Gasteiger partial charge in [0.1, 0.15) is 18.4 Å². The summed E-state index contributed by atoms with van der Waals surface area (Å²) in [5, 5.41) is 10.4. The van der Waals surface area contributed by atoms with E-state index in [9.17, 15) is 14.9 Å². The number of nitriles is 1. The van der Waals surface area contributed by atoms with Gasteiger partial charge in [-0.25, -0.2) is 9.79 Å². The highest BCUT2D eigenvalue weighted by Gasteiger charge is 2.34. The van der Waals surface area contributed by atoms with Crippen LogP contribution in [0.3, 0.4) is 0 Å². The molecular formula is C31H22Cl3N3O4S. The first-order chi connectivity index (χ1) is 20.2. The molecule has 0 spiro atoms. The molecule has 0 saturated carbocycles. The van der Waals surface area contributed by atoms with Gasteiger partial charge in [-0.3, -0.25) is 9.36 Å². The van der Waals surface area contributed by atoms with Gasteiger partial charge in [0.05, 0.1) is 39.1 Å². The van der Waals surface area contributed by atoms with Crippen LogP contribution in [0.1, 0.15) is 42.1 Å². The summed E-state index contributed by atoms with van der Waals surface area (Å²) >= 11 is 20.6. The number of hydrogen-bond donors (Lipinski definition) is 0. The first kappa shape index (κ1) is 29.6. The molecule has 7 nitrogen and oxygen atoms in total. The largest absolute Gasteiger partial charge is 0.487 e. The molecule has 42 heavy (non-hydrogen) atoms. The van der Waals surface area contributed by atoms with Crippen molar-refractivity contribution in [3.8, 4) is 11.8 Å². The van der Waals surface area contributed by atoms with Gasteiger partial charge in [-0.05, 0) is 49.8 Å². The number of thiazole rings is 1. The molecule has 0 radical (unpaired) electrons. The van der Waals surface area contributed by atoms with Crippen LogP contribution in [-0.2, 0) is 16.1 Å². The predicted octanol–water partition coefficient (Wildman–Crippen LogP) is 6.21. The van der Waals surface area contributed by atoms with E-state index in [1.54, 1.807) is 74.5 Å². The maximum Gasteiger partial charge on any atom is 0.338 e. The monoisotopic (exact) mass is 637 g/mol. The van der Waals surface area contributed by atoms with Crippen LogP contribution in [0.4, 0.5) is 0 Å². The van der Waals surface area contributed by atoms with Gasteiger partial charge in [-0.1, -0.05) is 82.5 Å². The maximum atomic E-state index is 14.0. The number of halogens is 3. The Labute approximate surface area is 260 Å². The number of ether oxygens (including phenoxy) is 2. The van der Waals surface area contributed by atoms with Crippen LogP contribution in [0.15, 0.2) is 81.7 Å². The number of rotatable bonds is 7. The second-order valence-electron chi connectivity index (χ2n) is 9.19. The lowest BCUT2D eigenvalue weighted by Crippen LogP contribution is -2.40. The van der Waals surface area contributed by atoms with Gasteiger partial charge in [0.15, 0.2) is 4.80 Å². The first-order valence-electron chi connectivity index (χ1n) is 12.8. The summed E-state index contributed by atoms with van der Waals surface area (Å²) in [4.78, 5) is 32.1. The fourth-order valence-electron chi connectivity index (χ4n) is 4.67. The molecule has 1 aliphatic heterocycles. The van der Waals surface area contributed by atoms with Crippen molar-refractivity contribution in [3.63, 3.8) is 0 Å². The normalized spacial score (nSPS) is 14.7. The third-order valence-electron chi connectivity index (χ3n) is 6.55. The summed E-state index contributed by atoms with van der Waals surface area (Å²) in [7, 11) is 0. The third-order valence-corrected chi connectivity index (χ3v) is 8.38. The molecule has 5 rings (SSSR count). The molecular weight excluding hydrogens is 617 g/mol. The fraction of sp³-hybridized carbons (Fsp3) is 0.161. The summed E-state index contributed by atoms with van der Waals surface area (Å²) in [5.74, 6) is -0.279. The van der Waals surface area contributed by atoms with Gasteiger partial charge in [-0.15, -0.1) is 0 Å². The number of esters is 1. The standard InChI is InChI=1S/C31H22Cl3N3O4S/c1-3-40-30(39)26-17(2)36-31-37(27(26)22-10-6-7-11-23(22)33)29(38)25(42-31)13-20-12-21(32)14-24(34)28(20)41-16-19-9-5-4-8-18(19)15-35/h4-14,27H,3,16H2,1-2H3/b25-13-/t27-/m1/s1. The summed E-state index contributed by atoms with van der Waals surface area (Å²) in [6.45, 7) is 3.64. The van der Waals surface area contributed by atoms with E-state index in [1.165, 1.54) is 4.57 Å². The summed E-state index contributed by atoms with van der Waals surface area (Å²) in [5.41, 5.74) is 2.45. The van der Waals surface area contributed by atoms with Crippen molar-refractivity contribution >= 4 is 58.2 Å². The number of nitrogens with zero attached hydrogens (tertiary/aromatic N) is 3. The van der Waals surface area contributed by atoms with Gasteiger partial charge in [0.25, 0.3) is 5.56 Å². The highest BCUT2D eigenvalue weighted by atomic mass is 35.5. The number of hydrogen-bond acceptors (Lipinski definition) is 7. The predicted molar refractivity (Wildman–Crippen MR) is 164 cm³/mol. The third kappa shape index (κ3) is 5.74. The topological polar surface area (TPSA) is 93.7 Å². The van der Waals surface area contributed by atoms with E-state index in [0.29, 0.717) is 53.1 Å². The van der Waals surface area contributed by atoms with E-state index in [-0.39, 0.29) is 23.8 Å². The van der Waals surface area contributed by atoms with Crippen LogP contribution in [0, 0.1) is 11.3 Å². The second-order valence-corrected chi connectivity index (χ2v) is 11.4. The quantitative estimate of drug-likeness (QED) is 0.225. The highest BCUT2D eigenvalue weighted by molar-refractivity contribution is 7.07. The van der Waals surface area contributed by atoms with E-state index in [2.05, 4.69) is 11.1 Å². The number of carbonyl (C=O) groups excluding carboxylic acids is 1. The van der Waals surface area contributed by atoms with Gasteiger partial charge in [-0.2, -0.15) is 5.26 Å². The lowest BCUT2D eigenvalue weighted by molar-refractivity contribution is -0.139. The molecule has 1 atom stereocenters. The maximum absolute atomic E-state index is 14.0. The van der Waals surface area contributed by atoms with Crippen LogP contribution >= 0.6 is 46.1 Å². The minimum atomic E-state index is -0.850. The number of carbonyl (C=O) groups is 1. The molecule has 0 saturated heterocycles. The molecule has 212 valence electrons. The average molecular weight is 639 g/mol. The van der Waals surface area contributed by atoms with Gasteiger partial charge in [0, 0.05) is 21.2 Å². The molecule has 0 unspecified atom stereocenters. The lowest BCUT2D eigenvalue weighted by Gasteiger charge is -2.25. The van der Waals surface area contributed by atoms with Gasteiger partial charge >= 0.3 is 5.97 Å². The van der Waals surface area contributed by atoms with E-state index >= 15 is 0 Å². The molecule has 11 heteroatoms. The first-order valence-corrected chi connectivity index (χ1v) is 14.7. The van der Waals surface area contributed by atoms with Gasteiger partial charge < -0.3 is 9.47 Å². The van der Waals surface area contributed by atoms with E-state index in [4.69, 9.17) is 44.3 Å². The zero-order chi connectivity index (χ0) is 30.0. The molecule has 0 fully saturated rings. The van der Waals surface area contributed by atoms with E-state index in [0.717, 1.165) is 11.3 Å². The second kappa shape index (κ2) is 12.6. The zero-order valence-corrected chi connectivity index (χ0v) is 25.4. The van der Waals surface area contributed by atoms with Crippen molar-refractivity contribution in [2.75, 3.05) is 6.61 Å². The summed E-state index contributed by atoms with van der Waals surface area (Å²) in [6.07, 6.45) is 1.63. The Morgan fingerprint density at radius 3 is 2.60 bits per heavy atom. The molecule has 1 aromatic heterocycles. The van der Waals surface area contributed by atoms with Crippen molar-refractivity contribution < 1.29 is 14.3 Å². The Balaban J connectivity index is 1.66. The molecule has 3 aromatic carbocycles. The van der Waals surface area contributed by atoms with Crippen molar-refractivity contribution in [3.05, 3.63) is 129 Å². The Bertz CT molecular complexity index is 1970. The SMILES string of the molecule is CCOC(=O)C1=C(C)N=c2s/c(=C\c3cc(Cl)cc(Cl)c3OCc3ccccc3C#N)c(=O)n2[C@@H]1c1ccccc1Cl. The Morgan fingerprint density at radius 1 is 1.12 bits per heavy atom. The smallest absolute Gasteiger partial charge is 0.338 e. The van der Waals surface area contributed by atoms with Crippen molar-refractivity contribution in [2.45, 2.75) is 26.5 Å².